The Bertz CT molecular complexity index is 641. The summed E-state index contributed by atoms with van der Waals surface area (Å²) in [6, 6.07) is -2.00. The van der Waals surface area contributed by atoms with Crippen LogP contribution in [-0.4, -0.2) is 79.6 Å². The highest BCUT2D eigenvalue weighted by Gasteiger charge is 2.33. The number of carbonyl (C=O) groups is 5. The van der Waals surface area contributed by atoms with Crippen LogP contribution in [0.2, 0.25) is 0 Å². The second-order valence-electron chi connectivity index (χ2n) is 6.90. The number of alkyl halides is 1. The van der Waals surface area contributed by atoms with Crippen LogP contribution in [-0.2, 0) is 28.7 Å². The van der Waals surface area contributed by atoms with Crippen LogP contribution in [0.1, 0.15) is 27.7 Å². The van der Waals surface area contributed by atoms with Gasteiger partial charge in [0.25, 0.3) is 0 Å². The Hall–Kier alpha value is -2.96. The number of nitrogens with one attached hydrogen (secondary N) is 4. The number of hydrogen-bond acceptors (Lipinski definition) is 7. The Morgan fingerprint density at radius 1 is 1.03 bits per heavy atom. The highest BCUT2D eigenvalue weighted by Crippen LogP contribution is 2.10. The predicted octanol–water partition coefficient (Wildman–Crippen LogP) is -1.11. The maximum absolute atomic E-state index is 13.5. The van der Waals surface area contributed by atoms with Crippen LogP contribution in [0.15, 0.2) is 0 Å². The summed E-state index contributed by atoms with van der Waals surface area (Å²) >= 11 is 0. The van der Waals surface area contributed by atoms with E-state index in [9.17, 15) is 28.4 Å². The van der Waals surface area contributed by atoms with E-state index in [-0.39, 0.29) is 5.92 Å². The first-order valence-corrected chi connectivity index (χ1v) is 9.01. The molecular weight excluding hydrogens is 407 g/mol. The molecule has 30 heavy (non-hydrogen) atoms. The summed E-state index contributed by atoms with van der Waals surface area (Å²) in [6.07, 6.45) is -0.806. The van der Waals surface area contributed by atoms with Crippen molar-refractivity contribution < 1.29 is 42.9 Å². The third kappa shape index (κ3) is 10.0. The number of halogens is 1. The Morgan fingerprint density at radius 3 is 2.13 bits per heavy atom. The summed E-state index contributed by atoms with van der Waals surface area (Å²) in [7, 11) is 1.14. The minimum atomic E-state index is -2.60. The van der Waals surface area contributed by atoms with Crippen LogP contribution in [0.5, 0.6) is 0 Å². The average molecular weight is 436 g/mol. The van der Waals surface area contributed by atoms with Gasteiger partial charge in [0.1, 0.15) is 25.4 Å². The molecule has 0 aromatic heterocycles. The van der Waals surface area contributed by atoms with E-state index in [0.29, 0.717) is 0 Å². The maximum Gasteiger partial charge on any atom is 0.407 e. The second-order valence-corrected chi connectivity index (χ2v) is 6.90. The molecule has 5 N–H and O–H groups in total. The van der Waals surface area contributed by atoms with E-state index in [1.54, 1.807) is 13.8 Å². The van der Waals surface area contributed by atoms with Crippen LogP contribution >= 0.6 is 0 Å². The molecule has 13 heteroatoms. The predicted molar refractivity (Wildman–Crippen MR) is 101 cm³/mol. The Balaban J connectivity index is 4.56. The number of amides is 4. The van der Waals surface area contributed by atoms with E-state index in [4.69, 9.17) is 9.84 Å². The molecule has 0 bridgehead atoms. The zero-order chi connectivity index (χ0) is 23.5. The molecule has 0 aliphatic carbocycles. The topological polar surface area (TPSA) is 172 Å². The number of hydrogen-bond donors (Lipinski definition) is 5. The summed E-state index contributed by atoms with van der Waals surface area (Å²) in [5, 5.41) is 17.9. The third-order valence-corrected chi connectivity index (χ3v) is 3.76. The lowest BCUT2D eigenvalue weighted by Gasteiger charge is -2.24. The van der Waals surface area contributed by atoms with Gasteiger partial charge in [0.2, 0.25) is 23.4 Å². The largest absolute Gasteiger partial charge is 0.479 e. The number of rotatable bonds is 12. The van der Waals surface area contributed by atoms with Crippen molar-refractivity contribution in [2.75, 3.05) is 27.0 Å². The Morgan fingerprint density at radius 2 is 1.63 bits per heavy atom. The van der Waals surface area contributed by atoms with Crippen LogP contribution < -0.4 is 21.3 Å². The minimum Gasteiger partial charge on any atom is -0.479 e. The van der Waals surface area contributed by atoms with Gasteiger partial charge < -0.3 is 35.8 Å². The number of carbonyl (C=O) groups excluding carboxylic acids is 4. The minimum absolute atomic E-state index is 0.330. The molecule has 0 saturated heterocycles. The van der Waals surface area contributed by atoms with Crippen LogP contribution in [0.4, 0.5) is 9.18 Å². The van der Waals surface area contributed by atoms with Gasteiger partial charge in [-0.1, -0.05) is 13.8 Å². The lowest BCUT2D eigenvalue weighted by atomic mass is 10.0. The first kappa shape index (κ1) is 27.0. The van der Waals surface area contributed by atoms with E-state index < -0.39 is 67.4 Å². The quantitative estimate of drug-likeness (QED) is 0.189. The van der Waals surface area contributed by atoms with Gasteiger partial charge >= 0.3 is 12.1 Å². The lowest BCUT2D eigenvalue weighted by molar-refractivity contribution is -0.154. The number of ether oxygens (including phenoxy) is 2. The van der Waals surface area contributed by atoms with Gasteiger partial charge in [0.15, 0.2) is 0 Å². The lowest BCUT2D eigenvalue weighted by Crippen LogP contribution is -2.55. The number of methoxy groups -OCH3 is 1. The summed E-state index contributed by atoms with van der Waals surface area (Å²) in [5.41, 5.74) is -2.60. The van der Waals surface area contributed by atoms with E-state index >= 15 is 0 Å². The molecule has 0 spiro atoms. The van der Waals surface area contributed by atoms with E-state index in [2.05, 4.69) is 26.0 Å². The number of carboxylic acid groups (broad SMARTS) is 1. The molecule has 172 valence electrons. The molecule has 0 saturated carbocycles. The fourth-order valence-electron chi connectivity index (χ4n) is 1.93. The summed E-state index contributed by atoms with van der Waals surface area (Å²) in [5.74, 6) is -3.96. The Labute approximate surface area is 173 Å². The molecule has 0 aromatic rings. The standard InChI is InChI=1S/C17H29FN4O8/c1-9(2)12(22-11(23)6-19-16(28)29-5)14(25)21-10(3)13(24)20-8-30-7-17(4,18)15(26)27/h9-10,12H,6-8H2,1-5H3,(H,19,28)(H,20,24)(H,21,25)(H,22,23)(H,26,27). The summed E-state index contributed by atoms with van der Waals surface area (Å²) in [6.45, 7) is 3.91. The van der Waals surface area contributed by atoms with Gasteiger partial charge in [0.05, 0.1) is 13.7 Å². The van der Waals surface area contributed by atoms with E-state index in [0.717, 1.165) is 14.0 Å². The van der Waals surface area contributed by atoms with Crippen molar-refractivity contribution in [2.45, 2.75) is 45.4 Å². The highest BCUT2D eigenvalue weighted by molar-refractivity contribution is 5.92. The SMILES string of the molecule is COC(=O)NCC(=O)NC(C(=O)NC(C)C(=O)NCOCC(C)(F)C(=O)O)C(C)C. The van der Waals surface area contributed by atoms with Crippen LogP contribution in [0.3, 0.4) is 0 Å². The maximum atomic E-state index is 13.5. The van der Waals surface area contributed by atoms with Gasteiger partial charge in [-0.3, -0.25) is 14.4 Å². The molecule has 0 fully saturated rings. The zero-order valence-corrected chi connectivity index (χ0v) is 17.5. The average Bonchev–Trinajstić information content (AvgIpc) is 2.66. The molecule has 0 heterocycles. The van der Waals surface area contributed by atoms with Gasteiger partial charge in [-0.25, -0.2) is 14.0 Å². The molecule has 0 aliphatic rings. The third-order valence-electron chi connectivity index (χ3n) is 3.76. The van der Waals surface area contributed by atoms with Gasteiger partial charge in [-0.2, -0.15) is 0 Å². The van der Waals surface area contributed by atoms with Crippen molar-refractivity contribution in [3.05, 3.63) is 0 Å². The molecular formula is C17H29FN4O8. The number of aliphatic carboxylic acids is 1. The smallest absolute Gasteiger partial charge is 0.407 e. The molecule has 4 amide bonds. The van der Waals surface area contributed by atoms with Crippen molar-refractivity contribution in [1.29, 1.82) is 0 Å². The molecule has 3 atom stereocenters. The van der Waals surface area contributed by atoms with Crippen molar-refractivity contribution >= 4 is 29.8 Å². The highest BCUT2D eigenvalue weighted by atomic mass is 19.1. The van der Waals surface area contributed by atoms with Crippen molar-refractivity contribution in [3.8, 4) is 0 Å². The molecule has 3 unspecified atom stereocenters. The Kier molecular flexibility index (Phi) is 11.3. The molecule has 0 aromatic carbocycles. The second kappa shape index (κ2) is 12.6. The first-order valence-electron chi connectivity index (χ1n) is 9.01. The summed E-state index contributed by atoms with van der Waals surface area (Å²) in [4.78, 5) is 57.9. The van der Waals surface area contributed by atoms with Crippen molar-refractivity contribution in [2.24, 2.45) is 5.92 Å². The number of carboxylic acids is 1. The number of alkyl carbamates (subject to hydrolysis) is 1. The van der Waals surface area contributed by atoms with Crippen LogP contribution in [0.25, 0.3) is 0 Å². The van der Waals surface area contributed by atoms with Gasteiger partial charge in [-0.15, -0.1) is 0 Å². The fraction of sp³-hybridized carbons (Fsp3) is 0.706. The zero-order valence-electron chi connectivity index (χ0n) is 17.5. The van der Waals surface area contributed by atoms with E-state index in [1.807, 2.05) is 0 Å². The van der Waals surface area contributed by atoms with Gasteiger partial charge in [0, 0.05) is 0 Å². The summed E-state index contributed by atoms with van der Waals surface area (Å²) < 4.78 is 22.6. The molecule has 12 nitrogen and oxygen atoms in total. The normalized spacial score (nSPS) is 14.6. The first-order chi connectivity index (χ1) is 13.8. The molecule has 0 rings (SSSR count). The fourth-order valence-corrected chi connectivity index (χ4v) is 1.93. The van der Waals surface area contributed by atoms with Crippen LogP contribution in [0, 0.1) is 5.92 Å². The van der Waals surface area contributed by atoms with Crippen molar-refractivity contribution in [3.63, 3.8) is 0 Å². The molecule has 0 radical (unpaired) electrons. The monoisotopic (exact) mass is 436 g/mol. The van der Waals surface area contributed by atoms with Gasteiger partial charge in [-0.05, 0) is 19.8 Å². The van der Waals surface area contributed by atoms with Crippen molar-refractivity contribution in [1.82, 2.24) is 21.3 Å². The molecule has 0 aliphatic heterocycles. The van der Waals surface area contributed by atoms with E-state index in [1.165, 1.54) is 6.92 Å².